The first-order valence-corrected chi connectivity index (χ1v) is 10.9. The van der Waals surface area contributed by atoms with Gasteiger partial charge in [0.05, 0.1) is 12.2 Å². The molecule has 3 heterocycles. The lowest BCUT2D eigenvalue weighted by Crippen LogP contribution is -2.53. The number of anilines is 1. The van der Waals surface area contributed by atoms with E-state index in [-0.39, 0.29) is 11.9 Å². The van der Waals surface area contributed by atoms with E-state index in [1.165, 1.54) is 5.69 Å². The van der Waals surface area contributed by atoms with Crippen molar-refractivity contribution in [1.82, 2.24) is 14.7 Å². The van der Waals surface area contributed by atoms with Crippen molar-refractivity contribution in [1.29, 1.82) is 0 Å². The molecular formula is C24H24ClN5O. The number of carbonyl (C=O) groups excluding carboxylic acids is 1. The minimum Gasteiger partial charge on any atom is -0.368 e. The predicted octanol–water partition coefficient (Wildman–Crippen LogP) is 4.20. The first-order valence-electron chi connectivity index (χ1n) is 10.5. The molecule has 0 bridgehead atoms. The highest BCUT2D eigenvalue weighted by Crippen LogP contribution is 2.37. The molecule has 31 heavy (non-hydrogen) atoms. The Balaban J connectivity index is 1.41. The van der Waals surface area contributed by atoms with Crippen molar-refractivity contribution in [2.45, 2.75) is 13.0 Å². The number of para-hydroxylation sites is 1. The summed E-state index contributed by atoms with van der Waals surface area (Å²) in [6.45, 7) is 4.96. The van der Waals surface area contributed by atoms with E-state index in [0.29, 0.717) is 18.1 Å². The highest BCUT2D eigenvalue weighted by Gasteiger charge is 2.40. The second kappa shape index (κ2) is 8.19. The van der Waals surface area contributed by atoms with Crippen LogP contribution in [0.1, 0.15) is 18.5 Å². The van der Waals surface area contributed by atoms with Crippen molar-refractivity contribution >= 4 is 34.7 Å². The summed E-state index contributed by atoms with van der Waals surface area (Å²) in [6.07, 6.45) is 1.74. The summed E-state index contributed by atoms with van der Waals surface area (Å²) in [5.74, 6) is 0.488. The van der Waals surface area contributed by atoms with E-state index >= 15 is 0 Å². The summed E-state index contributed by atoms with van der Waals surface area (Å²) < 4.78 is 1.86. The summed E-state index contributed by atoms with van der Waals surface area (Å²) in [6, 6.07) is 19.7. The molecule has 3 aromatic rings. The molecule has 1 fully saturated rings. The van der Waals surface area contributed by atoms with Gasteiger partial charge in [-0.3, -0.25) is 4.79 Å². The Morgan fingerprint density at radius 3 is 2.39 bits per heavy atom. The zero-order chi connectivity index (χ0) is 21.4. The van der Waals surface area contributed by atoms with Crippen LogP contribution in [0.4, 0.5) is 11.5 Å². The number of aliphatic imine (C=N–C) groups is 1. The van der Waals surface area contributed by atoms with Gasteiger partial charge < -0.3 is 9.80 Å². The maximum atomic E-state index is 13.7. The molecule has 6 nitrogen and oxygen atoms in total. The van der Waals surface area contributed by atoms with Crippen LogP contribution in [0, 0.1) is 5.92 Å². The second-order valence-corrected chi connectivity index (χ2v) is 8.45. The highest BCUT2D eigenvalue weighted by atomic mass is 35.5. The number of carbonyl (C=O) groups is 1. The maximum Gasteiger partial charge on any atom is 0.234 e. The van der Waals surface area contributed by atoms with Crippen molar-refractivity contribution in [3.63, 3.8) is 0 Å². The van der Waals surface area contributed by atoms with E-state index in [1.54, 1.807) is 6.20 Å². The number of piperazine rings is 1. The van der Waals surface area contributed by atoms with Crippen LogP contribution in [-0.2, 0) is 4.79 Å². The van der Waals surface area contributed by atoms with E-state index < -0.39 is 5.92 Å². The molecule has 0 saturated carbocycles. The van der Waals surface area contributed by atoms with Crippen LogP contribution in [0.2, 0.25) is 5.02 Å². The topological polar surface area (TPSA) is 53.7 Å². The molecule has 0 spiro atoms. The third-order valence-electron chi connectivity index (χ3n) is 6.16. The zero-order valence-corrected chi connectivity index (χ0v) is 18.1. The molecule has 1 amide bonds. The van der Waals surface area contributed by atoms with E-state index in [2.05, 4.69) is 22.1 Å². The summed E-state index contributed by atoms with van der Waals surface area (Å²) in [7, 11) is 0. The monoisotopic (exact) mass is 433 g/mol. The number of rotatable bonds is 3. The fraction of sp³-hybridized carbons (Fsp3) is 0.292. The largest absolute Gasteiger partial charge is 0.368 e. The molecule has 0 radical (unpaired) electrons. The summed E-state index contributed by atoms with van der Waals surface area (Å²) in [4.78, 5) is 22.7. The van der Waals surface area contributed by atoms with Gasteiger partial charge in [-0.25, -0.2) is 9.67 Å². The molecule has 2 aromatic carbocycles. The van der Waals surface area contributed by atoms with Crippen LogP contribution in [0.15, 0.2) is 71.9 Å². The number of hydrogen-bond acceptors (Lipinski definition) is 4. The van der Waals surface area contributed by atoms with Gasteiger partial charge in [-0.2, -0.15) is 5.10 Å². The molecule has 1 aromatic heterocycles. The molecule has 2 aliphatic rings. The number of hydrogen-bond donors (Lipinski definition) is 0. The third kappa shape index (κ3) is 3.72. The minimum atomic E-state index is -0.392. The van der Waals surface area contributed by atoms with E-state index in [4.69, 9.17) is 16.6 Å². The lowest BCUT2D eigenvalue weighted by Gasteiger charge is -2.40. The quantitative estimate of drug-likeness (QED) is 0.622. The molecule has 0 N–H and O–H groups in total. The van der Waals surface area contributed by atoms with Crippen molar-refractivity contribution in [3.05, 3.63) is 77.4 Å². The number of halogens is 1. The SMILES string of the molecule is CC1=Nc2ccnn2C(c2ccc(Cl)cc2)C1C(=O)N1CCN(c2ccccc2)CC1. The Morgan fingerprint density at radius 2 is 1.68 bits per heavy atom. The molecule has 0 aliphatic carbocycles. The van der Waals surface area contributed by atoms with Crippen LogP contribution in [0.5, 0.6) is 0 Å². The first kappa shape index (κ1) is 19.8. The smallest absolute Gasteiger partial charge is 0.234 e. The fourth-order valence-corrected chi connectivity index (χ4v) is 4.68. The summed E-state index contributed by atoms with van der Waals surface area (Å²) in [5.41, 5.74) is 3.03. The Labute approximate surface area is 186 Å². The first-order chi connectivity index (χ1) is 15.1. The lowest BCUT2D eigenvalue weighted by molar-refractivity contribution is -0.134. The van der Waals surface area contributed by atoms with Gasteiger partial charge in [-0.15, -0.1) is 0 Å². The molecule has 2 unspecified atom stereocenters. The molecule has 158 valence electrons. The average Bonchev–Trinajstić information content (AvgIpc) is 3.27. The van der Waals surface area contributed by atoms with Gasteiger partial charge in [0.15, 0.2) is 5.82 Å². The third-order valence-corrected chi connectivity index (χ3v) is 6.41. The predicted molar refractivity (Wildman–Crippen MR) is 123 cm³/mol. The molecule has 1 saturated heterocycles. The van der Waals surface area contributed by atoms with Crippen molar-refractivity contribution < 1.29 is 4.79 Å². The Bertz CT molecular complexity index is 1100. The molecule has 7 heteroatoms. The van der Waals surface area contributed by atoms with Crippen LogP contribution in [0.3, 0.4) is 0 Å². The van der Waals surface area contributed by atoms with Crippen LogP contribution in [-0.4, -0.2) is 52.5 Å². The van der Waals surface area contributed by atoms with E-state index in [1.807, 2.05) is 65.0 Å². The number of fused-ring (bicyclic) bond motifs is 1. The van der Waals surface area contributed by atoms with Crippen molar-refractivity contribution in [3.8, 4) is 0 Å². The molecule has 2 atom stereocenters. The molecule has 2 aliphatic heterocycles. The average molecular weight is 434 g/mol. The lowest BCUT2D eigenvalue weighted by atomic mass is 9.87. The number of aromatic nitrogens is 2. The summed E-state index contributed by atoms with van der Waals surface area (Å²) in [5, 5.41) is 5.17. The minimum absolute atomic E-state index is 0.107. The van der Waals surface area contributed by atoms with Gasteiger partial charge in [0.25, 0.3) is 0 Å². The van der Waals surface area contributed by atoms with Gasteiger partial charge in [-0.1, -0.05) is 41.9 Å². The van der Waals surface area contributed by atoms with Gasteiger partial charge in [0, 0.05) is 48.7 Å². The van der Waals surface area contributed by atoms with Crippen molar-refractivity contribution in [2.75, 3.05) is 31.1 Å². The summed E-state index contributed by atoms with van der Waals surface area (Å²) >= 11 is 6.12. The zero-order valence-electron chi connectivity index (χ0n) is 17.4. The Morgan fingerprint density at radius 1 is 0.968 bits per heavy atom. The van der Waals surface area contributed by atoms with Crippen LogP contribution >= 0.6 is 11.6 Å². The van der Waals surface area contributed by atoms with Crippen molar-refractivity contribution in [2.24, 2.45) is 10.9 Å². The Hall–Kier alpha value is -3.12. The van der Waals surface area contributed by atoms with Gasteiger partial charge in [0.2, 0.25) is 5.91 Å². The van der Waals surface area contributed by atoms with Gasteiger partial charge in [-0.05, 0) is 36.8 Å². The molecular weight excluding hydrogens is 410 g/mol. The van der Waals surface area contributed by atoms with Gasteiger partial charge >= 0.3 is 0 Å². The van der Waals surface area contributed by atoms with Crippen LogP contribution in [0.25, 0.3) is 0 Å². The number of amides is 1. The normalized spacial score (nSPS) is 20.9. The Kier molecular flexibility index (Phi) is 5.24. The highest BCUT2D eigenvalue weighted by molar-refractivity contribution is 6.30. The molecule has 5 rings (SSSR count). The van der Waals surface area contributed by atoms with Gasteiger partial charge in [0.1, 0.15) is 5.92 Å². The van der Waals surface area contributed by atoms with E-state index in [9.17, 15) is 4.79 Å². The van der Waals surface area contributed by atoms with Crippen LogP contribution < -0.4 is 4.90 Å². The van der Waals surface area contributed by atoms with E-state index in [0.717, 1.165) is 30.2 Å². The number of benzene rings is 2. The number of nitrogens with zero attached hydrogens (tertiary/aromatic N) is 5. The maximum absolute atomic E-state index is 13.7. The standard InChI is InChI=1S/C24H24ClN5O/c1-17-22(24(31)29-15-13-28(14-16-29)20-5-3-2-4-6-20)23(18-7-9-19(25)10-8-18)30-21(27-17)11-12-26-30/h2-12,22-23H,13-16H2,1H3. The fourth-order valence-electron chi connectivity index (χ4n) is 4.56. The second-order valence-electron chi connectivity index (χ2n) is 8.01.